The number of rotatable bonds is 13. The van der Waals surface area contributed by atoms with Crippen LogP contribution in [0, 0.1) is 0 Å². The molecule has 0 aliphatic carbocycles. The summed E-state index contributed by atoms with van der Waals surface area (Å²) in [5, 5.41) is 0. The van der Waals surface area contributed by atoms with Crippen LogP contribution in [0.3, 0.4) is 0 Å². The van der Waals surface area contributed by atoms with Gasteiger partial charge in [0.05, 0.1) is 26.4 Å². The molecule has 0 fully saturated rings. The van der Waals surface area contributed by atoms with Gasteiger partial charge in [0, 0.05) is 32.8 Å². The van der Waals surface area contributed by atoms with Crippen LogP contribution in [0.4, 0.5) is 0 Å². The van der Waals surface area contributed by atoms with Gasteiger partial charge in [0.1, 0.15) is 0 Å². The Morgan fingerprint density at radius 2 is 1.63 bits per heavy atom. The summed E-state index contributed by atoms with van der Waals surface area (Å²) >= 11 is 0. The van der Waals surface area contributed by atoms with Gasteiger partial charge in [-0.3, -0.25) is 9.42 Å². The molecule has 0 saturated carbocycles. The molecule has 19 heavy (non-hydrogen) atoms. The van der Waals surface area contributed by atoms with Gasteiger partial charge in [0.2, 0.25) is 0 Å². The van der Waals surface area contributed by atoms with Crippen molar-refractivity contribution in [2.75, 3.05) is 59.2 Å². The Labute approximate surface area is 114 Å². The van der Waals surface area contributed by atoms with E-state index in [-0.39, 0.29) is 6.61 Å². The van der Waals surface area contributed by atoms with Gasteiger partial charge in [-0.2, -0.15) is 0 Å². The van der Waals surface area contributed by atoms with Gasteiger partial charge < -0.3 is 25.0 Å². The van der Waals surface area contributed by atoms with Crippen LogP contribution in [-0.2, 0) is 18.6 Å². The lowest BCUT2D eigenvalue weighted by Crippen LogP contribution is -2.34. The number of phosphoric acid groups is 1. The van der Waals surface area contributed by atoms with Crippen molar-refractivity contribution in [1.29, 1.82) is 0 Å². The lowest BCUT2D eigenvalue weighted by Gasteiger charge is -2.22. The highest BCUT2D eigenvalue weighted by Gasteiger charge is 2.14. The lowest BCUT2D eigenvalue weighted by molar-refractivity contribution is 0.0716. The molecule has 0 rings (SSSR count). The molecule has 0 aromatic rings. The summed E-state index contributed by atoms with van der Waals surface area (Å²) < 4.78 is 25.5. The molecular weight excluding hydrogens is 275 g/mol. The average Bonchev–Trinajstić information content (AvgIpc) is 2.32. The molecule has 0 atom stereocenters. The lowest BCUT2D eigenvalue weighted by atomic mass is 10.4. The maximum Gasteiger partial charge on any atom is 0.469 e. The largest absolute Gasteiger partial charge is 0.469 e. The van der Waals surface area contributed by atoms with Gasteiger partial charge in [-0.25, -0.2) is 4.57 Å². The van der Waals surface area contributed by atoms with Crippen molar-refractivity contribution in [3.63, 3.8) is 0 Å². The Morgan fingerprint density at radius 1 is 1.05 bits per heavy atom. The average molecular weight is 300 g/mol. The minimum atomic E-state index is -4.40. The van der Waals surface area contributed by atoms with Crippen LogP contribution in [0.2, 0.25) is 0 Å². The third-order valence-corrected chi connectivity index (χ3v) is 2.76. The second-order valence-corrected chi connectivity index (χ2v) is 5.00. The van der Waals surface area contributed by atoms with Crippen LogP contribution < -0.4 is 5.73 Å². The molecule has 0 unspecified atom stereocenters. The van der Waals surface area contributed by atoms with Crippen LogP contribution in [0.25, 0.3) is 0 Å². The molecule has 0 aliphatic heterocycles. The predicted molar refractivity (Wildman–Crippen MR) is 70.8 cm³/mol. The number of ether oxygens (including phenoxy) is 2. The summed E-state index contributed by atoms with van der Waals surface area (Å²) in [6.45, 7) is 6.25. The van der Waals surface area contributed by atoms with Crippen molar-refractivity contribution in [2.24, 2.45) is 5.73 Å². The smallest absolute Gasteiger partial charge is 0.380 e. The number of nitrogens with zero attached hydrogens (tertiary/aromatic N) is 1. The molecule has 0 aromatic heterocycles. The first kappa shape index (κ1) is 18.9. The van der Waals surface area contributed by atoms with E-state index in [4.69, 9.17) is 25.0 Å². The van der Waals surface area contributed by atoms with Gasteiger partial charge >= 0.3 is 7.82 Å². The molecule has 9 heteroatoms. The van der Waals surface area contributed by atoms with E-state index in [9.17, 15) is 4.57 Å². The number of phosphoric ester groups is 1. The molecule has 0 aliphatic rings. The van der Waals surface area contributed by atoms with E-state index in [1.165, 1.54) is 0 Å². The quantitative estimate of drug-likeness (QED) is 0.305. The SMILES string of the molecule is CCOCCN(CCOCCN)CCOP(=O)(O)O. The van der Waals surface area contributed by atoms with Crippen molar-refractivity contribution in [1.82, 2.24) is 4.90 Å². The Hall–Kier alpha value is -0.0500. The molecule has 0 aromatic carbocycles. The van der Waals surface area contributed by atoms with E-state index in [0.29, 0.717) is 52.6 Å². The van der Waals surface area contributed by atoms with E-state index in [1.54, 1.807) is 0 Å². The summed E-state index contributed by atoms with van der Waals surface area (Å²) in [4.78, 5) is 19.2. The Bertz CT molecular complexity index is 250. The van der Waals surface area contributed by atoms with Gasteiger partial charge in [-0.05, 0) is 6.92 Å². The number of hydrogen-bond donors (Lipinski definition) is 3. The zero-order valence-electron chi connectivity index (χ0n) is 11.4. The standard InChI is InChI=1S/C10H25N2O6P/c1-2-16-8-4-12(5-9-17-7-3-11)6-10-18-19(13,14)15/h2-11H2,1H3,(H2,13,14,15). The second-order valence-electron chi connectivity index (χ2n) is 3.76. The van der Waals surface area contributed by atoms with Crippen molar-refractivity contribution in [3.05, 3.63) is 0 Å². The first-order valence-corrected chi connectivity index (χ1v) is 7.80. The molecule has 0 amide bonds. The summed E-state index contributed by atoms with van der Waals surface area (Å²) in [6.07, 6.45) is 0. The minimum Gasteiger partial charge on any atom is -0.380 e. The van der Waals surface area contributed by atoms with Crippen LogP contribution in [-0.4, -0.2) is 73.9 Å². The monoisotopic (exact) mass is 300 g/mol. The predicted octanol–water partition coefficient (Wildman–Crippen LogP) is -0.590. The topological polar surface area (TPSA) is 114 Å². The van der Waals surface area contributed by atoms with Crippen molar-refractivity contribution >= 4 is 7.82 Å². The first-order chi connectivity index (χ1) is 8.99. The molecule has 4 N–H and O–H groups in total. The molecule has 0 saturated heterocycles. The van der Waals surface area contributed by atoms with Gasteiger partial charge in [-0.15, -0.1) is 0 Å². The van der Waals surface area contributed by atoms with E-state index < -0.39 is 7.82 Å². The Kier molecular flexibility index (Phi) is 11.7. The van der Waals surface area contributed by atoms with E-state index in [2.05, 4.69) is 4.52 Å². The fourth-order valence-corrected chi connectivity index (χ4v) is 1.66. The fraction of sp³-hybridized carbons (Fsp3) is 1.00. The number of hydrogen-bond acceptors (Lipinski definition) is 6. The molecule has 0 spiro atoms. The molecule has 0 heterocycles. The Balaban J connectivity index is 3.85. The van der Waals surface area contributed by atoms with Gasteiger partial charge in [0.15, 0.2) is 0 Å². The highest BCUT2D eigenvalue weighted by Crippen LogP contribution is 2.35. The molecular formula is C10H25N2O6P. The zero-order chi connectivity index (χ0) is 14.6. The second kappa shape index (κ2) is 11.7. The third kappa shape index (κ3) is 14.2. The van der Waals surface area contributed by atoms with E-state index in [0.717, 1.165) is 0 Å². The number of nitrogens with two attached hydrogens (primary N) is 1. The van der Waals surface area contributed by atoms with Crippen LogP contribution >= 0.6 is 7.82 Å². The summed E-state index contributed by atoms with van der Waals surface area (Å²) in [5.74, 6) is 0. The first-order valence-electron chi connectivity index (χ1n) is 6.27. The molecule has 8 nitrogen and oxygen atoms in total. The highest BCUT2D eigenvalue weighted by atomic mass is 31.2. The minimum absolute atomic E-state index is 0.0344. The third-order valence-electron chi connectivity index (χ3n) is 2.24. The maximum atomic E-state index is 10.6. The van der Waals surface area contributed by atoms with Crippen LogP contribution in [0.1, 0.15) is 6.92 Å². The van der Waals surface area contributed by atoms with Crippen molar-refractivity contribution in [3.8, 4) is 0 Å². The van der Waals surface area contributed by atoms with E-state index >= 15 is 0 Å². The summed E-state index contributed by atoms with van der Waals surface area (Å²) in [5.41, 5.74) is 5.31. The molecule has 116 valence electrons. The molecule has 0 radical (unpaired) electrons. The van der Waals surface area contributed by atoms with Crippen molar-refractivity contribution < 1.29 is 28.3 Å². The van der Waals surface area contributed by atoms with E-state index in [1.807, 2.05) is 11.8 Å². The maximum absolute atomic E-state index is 10.6. The van der Waals surface area contributed by atoms with Crippen molar-refractivity contribution in [2.45, 2.75) is 6.92 Å². The van der Waals surface area contributed by atoms with Gasteiger partial charge in [0.25, 0.3) is 0 Å². The molecule has 0 bridgehead atoms. The fourth-order valence-electron chi connectivity index (χ4n) is 1.34. The van der Waals surface area contributed by atoms with Crippen LogP contribution in [0.5, 0.6) is 0 Å². The normalized spacial score (nSPS) is 12.3. The highest BCUT2D eigenvalue weighted by molar-refractivity contribution is 7.46. The zero-order valence-corrected chi connectivity index (χ0v) is 12.3. The summed E-state index contributed by atoms with van der Waals surface area (Å²) in [6, 6.07) is 0. The summed E-state index contributed by atoms with van der Waals surface area (Å²) in [7, 11) is -4.40. The van der Waals surface area contributed by atoms with Gasteiger partial charge in [-0.1, -0.05) is 0 Å². The Morgan fingerprint density at radius 3 is 2.16 bits per heavy atom. The van der Waals surface area contributed by atoms with Crippen LogP contribution in [0.15, 0.2) is 0 Å².